The second-order valence-corrected chi connectivity index (χ2v) is 7.61. The lowest BCUT2D eigenvalue weighted by Crippen LogP contribution is -2.45. The highest BCUT2D eigenvalue weighted by Gasteiger charge is 2.40. The van der Waals surface area contributed by atoms with E-state index in [2.05, 4.69) is 15.5 Å². The Labute approximate surface area is 162 Å². The Morgan fingerprint density at radius 1 is 1.11 bits per heavy atom. The minimum Gasteiger partial charge on any atom is -0.341 e. The zero-order valence-corrected chi connectivity index (χ0v) is 15.7. The van der Waals surface area contributed by atoms with E-state index in [1.807, 2.05) is 9.80 Å². The Morgan fingerprint density at radius 2 is 1.89 bits per heavy atom. The molecule has 0 saturated carbocycles. The van der Waals surface area contributed by atoms with E-state index in [9.17, 15) is 13.6 Å². The summed E-state index contributed by atoms with van der Waals surface area (Å²) in [5.41, 5.74) is 0.643. The van der Waals surface area contributed by atoms with Gasteiger partial charge in [0.2, 0.25) is 5.91 Å². The SMILES string of the molecule is O=C([C@@H]1C[C@@H](n2cnnn2)CN1Cc1ccc(F)c(F)c1)N1CCCCCC1. The smallest absolute Gasteiger partial charge is 0.240 e. The van der Waals surface area contributed by atoms with Crippen LogP contribution in [0.2, 0.25) is 0 Å². The van der Waals surface area contributed by atoms with Crippen molar-refractivity contribution in [3.63, 3.8) is 0 Å². The van der Waals surface area contributed by atoms with Crippen molar-refractivity contribution in [3.05, 3.63) is 41.7 Å². The molecule has 2 saturated heterocycles. The van der Waals surface area contributed by atoms with Crippen LogP contribution in [0.15, 0.2) is 24.5 Å². The number of hydrogen-bond acceptors (Lipinski definition) is 5. The molecule has 28 heavy (non-hydrogen) atoms. The number of carbonyl (C=O) groups excluding carboxylic acids is 1. The number of hydrogen-bond donors (Lipinski definition) is 0. The second kappa shape index (κ2) is 8.30. The van der Waals surface area contributed by atoms with Crippen LogP contribution in [-0.4, -0.2) is 61.6 Å². The molecule has 9 heteroatoms. The highest BCUT2D eigenvalue weighted by atomic mass is 19.2. The number of carbonyl (C=O) groups is 1. The summed E-state index contributed by atoms with van der Waals surface area (Å²) in [5, 5.41) is 11.4. The van der Waals surface area contributed by atoms with Gasteiger partial charge in [-0.25, -0.2) is 13.5 Å². The van der Waals surface area contributed by atoms with E-state index in [1.54, 1.807) is 17.1 Å². The predicted molar refractivity (Wildman–Crippen MR) is 97.1 cm³/mol. The van der Waals surface area contributed by atoms with E-state index >= 15 is 0 Å². The highest BCUT2D eigenvalue weighted by Crippen LogP contribution is 2.30. The predicted octanol–water partition coefficient (Wildman–Crippen LogP) is 2.17. The summed E-state index contributed by atoms with van der Waals surface area (Å²) in [7, 11) is 0. The fourth-order valence-electron chi connectivity index (χ4n) is 4.21. The molecule has 2 aliphatic heterocycles. The van der Waals surface area contributed by atoms with E-state index in [0.717, 1.165) is 44.8 Å². The molecule has 1 amide bonds. The van der Waals surface area contributed by atoms with Gasteiger partial charge in [0.1, 0.15) is 6.33 Å². The zero-order valence-electron chi connectivity index (χ0n) is 15.7. The number of halogens is 2. The summed E-state index contributed by atoms with van der Waals surface area (Å²) in [6, 6.07) is 3.55. The van der Waals surface area contributed by atoms with Gasteiger partial charge in [0, 0.05) is 26.2 Å². The Hall–Kier alpha value is -2.42. The maximum absolute atomic E-state index is 13.6. The van der Waals surface area contributed by atoms with Crippen LogP contribution >= 0.6 is 0 Å². The molecule has 2 atom stereocenters. The average Bonchev–Trinajstić information content (AvgIpc) is 3.28. The lowest BCUT2D eigenvalue weighted by atomic mass is 10.1. The fraction of sp³-hybridized carbons (Fsp3) is 0.579. The Kier molecular flexibility index (Phi) is 5.61. The van der Waals surface area contributed by atoms with Crippen LogP contribution in [0.5, 0.6) is 0 Å². The van der Waals surface area contributed by atoms with Crippen LogP contribution in [0.25, 0.3) is 0 Å². The number of benzene rings is 1. The summed E-state index contributed by atoms with van der Waals surface area (Å²) in [6.07, 6.45) is 6.51. The number of likely N-dealkylation sites (tertiary alicyclic amines) is 2. The summed E-state index contributed by atoms with van der Waals surface area (Å²) < 4.78 is 28.6. The second-order valence-electron chi connectivity index (χ2n) is 7.61. The molecule has 2 aliphatic rings. The number of nitrogens with zero attached hydrogens (tertiary/aromatic N) is 6. The molecule has 0 N–H and O–H groups in total. The monoisotopic (exact) mass is 390 g/mol. The van der Waals surface area contributed by atoms with Crippen molar-refractivity contribution in [2.45, 2.75) is 50.7 Å². The van der Waals surface area contributed by atoms with Crippen molar-refractivity contribution in [2.24, 2.45) is 0 Å². The van der Waals surface area contributed by atoms with Crippen LogP contribution < -0.4 is 0 Å². The molecule has 0 aliphatic carbocycles. The minimum atomic E-state index is -0.871. The number of rotatable bonds is 4. The minimum absolute atomic E-state index is 0.0266. The van der Waals surface area contributed by atoms with Crippen LogP contribution in [0, 0.1) is 11.6 Å². The maximum atomic E-state index is 13.6. The van der Waals surface area contributed by atoms with Crippen molar-refractivity contribution in [3.8, 4) is 0 Å². The fourth-order valence-corrected chi connectivity index (χ4v) is 4.21. The summed E-state index contributed by atoms with van der Waals surface area (Å²) in [6.45, 7) is 2.52. The number of tetrazole rings is 1. The Balaban J connectivity index is 1.54. The third-order valence-corrected chi connectivity index (χ3v) is 5.69. The summed E-state index contributed by atoms with van der Waals surface area (Å²) >= 11 is 0. The van der Waals surface area contributed by atoms with Crippen LogP contribution in [0.4, 0.5) is 8.78 Å². The van der Waals surface area contributed by atoms with Gasteiger partial charge in [-0.3, -0.25) is 9.69 Å². The number of amides is 1. The maximum Gasteiger partial charge on any atom is 0.240 e. The quantitative estimate of drug-likeness (QED) is 0.801. The van der Waals surface area contributed by atoms with E-state index in [1.165, 1.54) is 6.07 Å². The average molecular weight is 390 g/mol. The third-order valence-electron chi connectivity index (χ3n) is 5.69. The van der Waals surface area contributed by atoms with E-state index < -0.39 is 11.6 Å². The van der Waals surface area contributed by atoms with Crippen LogP contribution in [-0.2, 0) is 11.3 Å². The van der Waals surface area contributed by atoms with E-state index in [4.69, 9.17) is 0 Å². The molecule has 7 nitrogen and oxygen atoms in total. The van der Waals surface area contributed by atoms with Gasteiger partial charge in [0.05, 0.1) is 12.1 Å². The Bertz CT molecular complexity index is 807. The summed E-state index contributed by atoms with van der Waals surface area (Å²) in [4.78, 5) is 17.3. The lowest BCUT2D eigenvalue weighted by Gasteiger charge is -2.29. The van der Waals surface area contributed by atoms with Gasteiger partial charge in [0.25, 0.3) is 0 Å². The van der Waals surface area contributed by atoms with Crippen molar-refractivity contribution < 1.29 is 13.6 Å². The first kappa shape index (κ1) is 18.9. The molecule has 2 aromatic rings. The van der Waals surface area contributed by atoms with Gasteiger partial charge >= 0.3 is 0 Å². The first-order valence-electron chi connectivity index (χ1n) is 9.81. The van der Waals surface area contributed by atoms with Gasteiger partial charge < -0.3 is 4.90 Å². The van der Waals surface area contributed by atoms with E-state index in [-0.39, 0.29) is 18.0 Å². The standard InChI is InChI=1S/C19H24F2N6O/c20-16-6-5-14(9-17(16)21)11-26-12-15(27-13-22-23-24-27)10-18(26)19(28)25-7-3-1-2-4-8-25/h5-6,9,13,15,18H,1-4,7-8,10-12H2/t15-,18+/m1/s1. The molecule has 4 rings (SSSR count). The normalized spacial score (nSPS) is 23.7. The van der Waals surface area contributed by atoms with Crippen molar-refractivity contribution in [1.82, 2.24) is 30.0 Å². The Morgan fingerprint density at radius 3 is 2.57 bits per heavy atom. The molecule has 1 aromatic heterocycles. The zero-order chi connectivity index (χ0) is 19.5. The molecular formula is C19H24F2N6O. The van der Waals surface area contributed by atoms with Gasteiger partial charge in [-0.05, 0) is 47.4 Å². The van der Waals surface area contributed by atoms with E-state index in [0.29, 0.717) is 25.1 Å². The van der Waals surface area contributed by atoms with Crippen molar-refractivity contribution in [1.29, 1.82) is 0 Å². The van der Waals surface area contributed by atoms with Crippen molar-refractivity contribution in [2.75, 3.05) is 19.6 Å². The molecule has 0 spiro atoms. The van der Waals surface area contributed by atoms with Gasteiger partial charge in [-0.2, -0.15) is 0 Å². The van der Waals surface area contributed by atoms with Crippen LogP contribution in [0.1, 0.15) is 43.7 Å². The molecular weight excluding hydrogens is 366 g/mol. The largest absolute Gasteiger partial charge is 0.341 e. The highest BCUT2D eigenvalue weighted by molar-refractivity contribution is 5.82. The van der Waals surface area contributed by atoms with Gasteiger partial charge in [-0.15, -0.1) is 5.10 Å². The number of aromatic nitrogens is 4. The molecule has 1 aromatic carbocycles. The topological polar surface area (TPSA) is 67.2 Å². The molecule has 0 unspecified atom stereocenters. The molecule has 0 bridgehead atoms. The van der Waals surface area contributed by atoms with Gasteiger partial charge in [-0.1, -0.05) is 18.9 Å². The van der Waals surface area contributed by atoms with Crippen LogP contribution in [0.3, 0.4) is 0 Å². The van der Waals surface area contributed by atoms with Gasteiger partial charge in [0.15, 0.2) is 11.6 Å². The first-order valence-corrected chi connectivity index (χ1v) is 9.81. The molecule has 0 radical (unpaired) electrons. The molecule has 2 fully saturated rings. The van der Waals surface area contributed by atoms with Crippen molar-refractivity contribution >= 4 is 5.91 Å². The molecule has 150 valence electrons. The summed E-state index contributed by atoms with van der Waals surface area (Å²) in [5.74, 6) is -1.63. The lowest BCUT2D eigenvalue weighted by molar-refractivity contribution is -0.136. The molecule has 3 heterocycles. The third kappa shape index (κ3) is 4.04. The first-order chi connectivity index (χ1) is 13.6.